The minimum atomic E-state index is 1.08. The van der Waals surface area contributed by atoms with Crippen molar-refractivity contribution in [1.29, 1.82) is 0 Å². The molecule has 110 valence electrons. The highest BCUT2D eigenvalue weighted by Crippen LogP contribution is 2.27. The number of hydrogen-bond donors (Lipinski definition) is 0. The lowest BCUT2D eigenvalue weighted by Gasteiger charge is -2.08. The van der Waals surface area contributed by atoms with Crippen LogP contribution in [0.3, 0.4) is 0 Å². The SMILES string of the molecule is CCc1ccc(-c2ccc(C)c(-c3cccc[n+]3C)c2)cc1. The molecule has 0 bridgehead atoms. The number of nitrogens with zero attached hydrogens (tertiary/aromatic N) is 1. The van der Waals surface area contributed by atoms with E-state index in [0.717, 1.165) is 6.42 Å². The molecule has 0 fully saturated rings. The Morgan fingerprint density at radius 1 is 0.864 bits per heavy atom. The van der Waals surface area contributed by atoms with Crippen LogP contribution in [0.25, 0.3) is 22.4 Å². The summed E-state index contributed by atoms with van der Waals surface area (Å²) in [5, 5.41) is 0. The molecule has 0 aliphatic rings. The van der Waals surface area contributed by atoms with Crippen LogP contribution in [-0.4, -0.2) is 0 Å². The number of aryl methyl sites for hydroxylation is 3. The summed E-state index contributed by atoms with van der Waals surface area (Å²) in [6.07, 6.45) is 3.18. The van der Waals surface area contributed by atoms with Gasteiger partial charge in [0.15, 0.2) is 6.20 Å². The Labute approximate surface area is 132 Å². The van der Waals surface area contributed by atoms with Gasteiger partial charge in [-0.25, -0.2) is 4.57 Å². The van der Waals surface area contributed by atoms with Crippen molar-refractivity contribution in [3.8, 4) is 22.4 Å². The molecule has 0 spiro atoms. The second kappa shape index (κ2) is 6.15. The van der Waals surface area contributed by atoms with Crippen LogP contribution in [0.1, 0.15) is 18.1 Å². The zero-order chi connectivity index (χ0) is 15.5. The van der Waals surface area contributed by atoms with E-state index in [1.165, 1.54) is 33.5 Å². The first-order valence-corrected chi connectivity index (χ1v) is 7.84. The Bertz CT molecular complexity index is 785. The van der Waals surface area contributed by atoms with E-state index >= 15 is 0 Å². The zero-order valence-electron chi connectivity index (χ0n) is 13.5. The fourth-order valence-corrected chi connectivity index (χ4v) is 2.81. The van der Waals surface area contributed by atoms with Crippen molar-refractivity contribution in [3.05, 3.63) is 78.0 Å². The van der Waals surface area contributed by atoms with Crippen molar-refractivity contribution in [1.82, 2.24) is 0 Å². The van der Waals surface area contributed by atoms with Crippen molar-refractivity contribution in [2.24, 2.45) is 7.05 Å². The number of aromatic nitrogens is 1. The van der Waals surface area contributed by atoms with E-state index in [-0.39, 0.29) is 0 Å². The molecule has 3 aromatic rings. The molecule has 0 amide bonds. The monoisotopic (exact) mass is 288 g/mol. The van der Waals surface area contributed by atoms with Gasteiger partial charge in [-0.3, -0.25) is 0 Å². The molecule has 0 saturated heterocycles. The molecular weight excluding hydrogens is 266 g/mol. The number of rotatable bonds is 3. The van der Waals surface area contributed by atoms with Gasteiger partial charge in [-0.2, -0.15) is 0 Å². The second-order valence-electron chi connectivity index (χ2n) is 5.78. The Morgan fingerprint density at radius 3 is 2.27 bits per heavy atom. The molecule has 2 aromatic carbocycles. The summed E-state index contributed by atoms with van der Waals surface area (Å²) in [6, 6.07) is 21.9. The van der Waals surface area contributed by atoms with Crippen molar-refractivity contribution >= 4 is 0 Å². The number of pyridine rings is 1. The van der Waals surface area contributed by atoms with Crippen LogP contribution in [0.15, 0.2) is 66.9 Å². The van der Waals surface area contributed by atoms with Crippen molar-refractivity contribution < 1.29 is 4.57 Å². The highest BCUT2D eigenvalue weighted by Gasteiger charge is 2.12. The van der Waals surface area contributed by atoms with E-state index in [2.05, 4.69) is 92.3 Å². The summed E-state index contributed by atoms with van der Waals surface area (Å²) in [4.78, 5) is 0. The fourth-order valence-electron chi connectivity index (χ4n) is 2.81. The third-order valence-corrected chi connectivity index (χ3v) is 4.26. The van der Waals surface area contributed by atoms with E-state index < -0.39 is 0 Å². The molecule has 0 unspecified atom stereocenters. The number of hydrogen-bond acceptors (Lipinski definition) is 0. The topological polar surface area (TPSA) is 3.88 Å². The van der Waals surface area contributed by atoms with Crippen molar-refractivity contribution in [2.45, 2.75) is 20.3 Å². The molecule has 0 saturated carbocycles. The summed E-state index contributed by atoms with van der Waals surface area (Å²) in [5.74, 6) is 0. The van der Waals surface area contributed by atoms with Crippen LogP contribution >= 0.6 is 0 Å². The van der Waals surface area contributed by atoms with Gasteiger partial charge < -0.3 is 0 Å². The van der Waals surface area contributed by atoms with E-state index in [1.807, 2.05) is 0 Å². The predicted molar refractivity (Wildman–Crippen MR) is 92.6 cm³/mol. The van der Waals surface area contributed by atoms with Gasteiger partial charge >= 0.3 is 0 Å². The highest BCUT2D eigenvalue weighted by atomic mass is 14.9. The van der Waals surface area contributed by atoms with Crippen molar-refractivity contribution in [3.63, 3.8) is 0 Å². The summed E-state index contributed by atoms with van der Waals surface area (Å²) >= 11 is 0. The Hall–Kier alpha value is -2.41. The fraction of sp³-hybridized carbons (Fsp3) is 0.190. The molecule has 0 radical (unpaired) electrons. The molecule has 0 atom stereocenters. The van der Waals surface area contributed by atoms with Gasteiger partial charge in [-0.15, -0.1) is 0 Å². The lowest BCUT2D eigenvalue weighted by atomic mass is 9.97. The van der Waals surface area contributed by atoms with E-state index in [9.17, 15) is 0 Å². The van der Waals surface area contributed by atoms with E-state index in [0.29, 0.717) is 0 Å². The molecule has 1 nitrogen and oxygen atoms in total. The maximum absolute atomic E-state index is 2.30. The molecule has 0 aliphatic carbocycles. The summed E-state index contributed by atoms with van der Waals surface area (Å²) in [6.45, 7) is 4.36. The quantitative estimate of drug-likeness (QED) is 0.614. The summed E-state index contributed by atoms with van der Waals surface area (Å²) < 4.78 is 2.17. The maximum atomic E-state index is 2.30. The Morgan fingerprint density at radius 2 is 1.59 bits per heavy atom. The normalized spacial score (nSPS) is 10.7. The molecular formula is C21H22N+. The summed E-state index contributed by atoms with van der Waals surface area (Å²) in [7, 11) is 2.09. The van der Waals surface area contributed by atoms with Crippen LogP contribution in [-0.2, 0) is 13.5 Å². The van der Waals surface area contributed by atoms with Gasteiger partial charge in [0.1, 0.15) is 7.05 Å². The zero-order valence-corrected chi connectivity index (χ0v) is 13.5. The van der Waals surface area contributed by atoms with Crippen LogP contribution in [0.2, 0.25) is 0 Å². The van der Waals surface area contributed by atoms with E-state index in [4.69, 9.17) is 0 Å². The van der Waals surface area contributed by atoms with Crippen LogP contribution in [0.4, 0.5) is 0 Å². The maximum Gasteiger partial charge on any atom is 0.212 e. The first-order chi connectivity index (χ1) is 10.7. The van der Waals surface area contributed by atoms with Gasteiger partial charge in [0, 0.05) is 17.7 Å². The van der Waals surface area contributed by atoms with Crippen LogP contribution in [0, 0.1) is 6.92 Å². The number of benzene rings is 2. The minimum absolute atomic E-state index is 1.08. The second-order valence-corrected chi connectivity index (χ2v) is 5.78. The molecule has 22 heavy (non-hydrogen) atoms. The molecule has 0 N–H and O–H groups in total. The van der Waals surface area contributed by atoms with Gasteiger partial charge in [0.25, 0.3) is 0 Å². The molecule has 1 heterocycles. The van der Waals surface area contributed by atoms with Crippen molar-refractivity contribution in [2.75, 3.05) is 0 Å². The molecule has 0 aliphatic heterocycles. The third kappa shape index (κ3) is 2.80. The summed E-state index contributed by atoms with van der Waals surface area (Å²) in [5.41, 5.74) is 7.76. The average molecular weight is 288 g/mol. The minimum Gasteiger partial charge on any atom is -0.201 e. The van der Waals surface area contributed by atoms with Gasteiger partial charge in [-0.05, 0) is 47.7 Å². The van der Waals surface area contributed by atoms with E-state index in [1.54, 1.807) is 0 Å². The predicted octanol–water partition coefficient (Wildman–Crippen LogP) is 4.72. The lowest BCUT2D eigenvalue weighted by Crippen LogP contribution is -2.30. The van der Waals surface area contributed by atoms with Crippen LogP contribution < -0.4 is 4.57 Å². The smallest absolute Gasteiger partial charge is 0.201 e. The first kappa shape index (κ1) is 14.5. The highest BCUT2D eigenvalue weighted by molar-refractivity contribution is 5.72. The first-order valence-electron chi connectivity index (χ1n) is 7.84. The van der Waals surface area contributed by atoms with Gasteiger partial charge in [-0.1, -0.05) is 43.3 Å². The molecule has 3 rings (SSSR count). The molecule has 1 aromatic heterocycles. The molecule has 1 heteroatoms. The van der Waals surface area contributed by atoms with Crippen LogP contribution in [0.5, 0.6) is 0 Å². The Balaban J connectivity index is 2.08. The Kier molecular flexibility index (Phi) is 4.06. The van der Waals surface area contributed by atoms with Gasteiger partial charge in [0.05, 0.1) is 0 Å². The standard InChI is InChI=1S/C21H22N/c1-4-17-9-12-18(13-10-17)19-11-8-16(2)20(15-19)21-7-5-6-14-22(21)3/h5-15H,4H2,1-3H3/q+1. The average Bonchev–Trinajstić information content (AvgIpc) is 2.56. The van der Waals surface area contributed by atoms with Gasteiger partial charge in [0.2, 0.25) is 5.69 Å². The lowest BCUT2D eigenvalue weighted by molar-refractivity contribution is -0.660. The third-order valence-electron chi connectivity index (χ3n) is 4.26. The largest absolute Gasteiger partial charge is 0.212 e.